The summed E-state index contributed by atoms with van der Waals surface area (Å²) in [6, 6.07) is 4.98. The Morgan fingerprint density at radius 1 is 1.35 bits per heavy atom. The van der Waals surface area contributed by atoms with Gasteiger partial charge in [0.25, 0.3) is 0 Å². The number of halogens is 1. The molecule has 1 amide bonds. The Labute approximate surface area is 100 Å². The molecule has 1 aromatic rings. The summed E-state index contributed by atoms with van der Waals surface area (Å²) in [6.45, 7) is 2.20. The van der Waals surface area contributed by atoms with Crippen molar-refractivity contribution in [3.8, 4) is 0 Å². The Bertz CT molecular complexity index is 471. The second kappa shape index (κ2) is 3.83. The monoisotopic (exact) mass is 233 g/mol. The van der Waals surface area contributed by atoms with E-state index in [0.717, 1.165) is 12.0 Å². The first kappa shape index (κ1) is 10.8. The van der Waals surface area contributed by atoms with Crippen molar-refractivity contribution < 1.29 is 9.18 Å². The number of carbonyl (C=O) groups excluding carboxylic acids is 1. The maximum atomic E-state index is 13.6. The predicted molar refractivity (Wildman–Crippen MR) is 64.3 cm³/mol. The molecule has 3 atom stereocenters. The van der Waals surface area contributed by atoms with Crippen molar-refractivity contribution in [2.75, 3.05) is 5.32 Å². The number of benzene rings is 1. The Hall–Kier alpha value is -1.38. The van der Waals surface area contributed by atoms with Gasteiger partial charge in [-0.3, -0.25) is 4.79 Å². The maximum absolute atomic E-state index is 13.6. The van der Waals surface area contributed by atoms with E-state index < -0.39 is 0 Å². The second-order valence-electron chi connectivity index (χ2n) is 5.24. The van der Waals surface area contributed by atoms with Crippen molar-refractivity contribution in [3.05, 3.63) is 29.6 Å². The van der Waals surface area contributed by atoms with Gasteiger partial charge in [-0.15, -0.1) is 0 Å². The summed E-state index contributed by atoms with van der Waals surface area (Å²) in [4.78, 5) is 12.0. The molecule has 0 bridgehead atoms. The fourth-order valence-corrected chi connectivity index (χ4v) is 3.37. The molecule has 0 radical (unpaired) electrons. The lowest BCUT2D eigenvalue weighted by molar-refractivity contribution is -0.118. The highest BCUT2D eigenvalue weighted by atomic mass is 19.1. The van der Waals surface area contributed by atoms with Crippen LogP contribution in [0, 0.1) is 17.7 Å². The number of amides is 1. The fraction of sp³-hybridized carbons (Fsp3) is 0.500. The van der Waals surface area contributed by atoms with E-state index >= 15 is 0 Å². The molecular formula is C14H16FNO. The lowest BCUT2D eigenvalue weighted by Crippen LogP contribution is -2.22. The van der Waals surface area contributed by atoms with Crippen LogP contribution >= 0.6 is 0 Å². The number of anilines is 1. The summed E-state index contributed by atoms with van der Waals surface area (Å²) >= 11 is 0. The third-order valence-corrected chi connectivity index (χ3v) is 4.27. The highest BCUT2D eigenvalue weighted by molar-refractivity contribution is 6.03. The molecule has 17 heavy (non-hydrogen) atoms. The quantitative estimate of drug-likeness (QED) is 0.792. The van der Waals surface area contributed by atoms with Gasteiger partial charge in [0.05, 0.1) is 11.6 Å². The zero-order valence-corrected chi connectivity index (χ0v) is 9.87. The molecule has 2 aliphatic rings. The van der Waals surface area contributed by atoms with E-state index in [1.807, 2.05) is 6.07 Å². The standard InChI is InChI=1S/C14H16FNO/c1-8-4-2-5-9(8)12-10-6-3-7-11(15)13(10)16-14(12)17/h3,6-9,12H,2,4-5H2,1H3,(H,16,17). The number of para-hydroxylation sites is 1. The van der Waals surface area contributed by atoms with Gasteiger partial charge in [0.15, 0.2) is 0 Å². The molecule has 3 heteroatoms. The first-order chi connectivity index (χ1) is 8.18. The molecule has 1 aromatic carbocycles. The average Bonchev–Trinajstić information content (AvgIpc) is 2.83. The summed E-state index contributed by atoms with van der Waals surface area (Å²) in [5, 5.41) is 2.70. The summed E-state index contributed by atoms with van der Waals surface area (Å²) in [7, 11) is 0. The van der Waals surface area contributed by atoms with Crippen LogP contribution in [0.2, 0.25) is 0 Å². The zero-order valence-electron chi connectivity index (χ0n) is 9.87. The molecular weight excluding hydrogens is 217 g/mol. The van der Waals surface area contributed by atoms with Gasteiger partial charge in [-0.1, -0.05) is 31.9 Å². The van der Waals surface area contributed by atoms with Crippen molar-refractivity contribution in [2.24, 2.45) is 11.8 Å². The molecule has 3 unspecified atom stereocenters. The number of carbonyl (C=O) groups is 1. The van der Waals surface area contributed by atoms with E-state index in [-0.39, 0.29) is 17.6 Å². The predicted octanol–water partition coefficient (Wildman–Crippen LogP) is 3.30. The first-order valence-corrected chi connectivity index (χ1v) is 6.27. The summed E-state index contributed by atoms with van der Waals surface area (Å²) in [5.41, 5.74) is 1.26. The Kier molecular flexibility index (Phi) is 2.42. The van der Waals surface area contributed by atoms with Crippen LogP contribution < -0.4 is 5.32 Å². The maximum Gasteiger partial charge on any atom is 0.232 e. The molecule has 1 aliphatic carbocycles. The number of hydrogen-bond acceptors (Lipinski definition) is 1. The number of fused-ring (bicyclic) bond motifs is 1. The van der Waals surface area contributed by atoms with Crippen LogP contribution in [0.25, 0.3) is 0 Å². The van der Waals surface area contributed by atoms with E-state index in [1.165, 1.54) is 18.9 Å². The van der Waals surface area contributed by atoms with E-state index in [9.17, 15) is 9.18 Å². The van der Waals surface area contributed by atoms with Gasteiger partial charge < -0.3 is 5.32 Å². The zero-order chi connectivity index (χ0) is 12.0. The van der Waals surface area contributed by atoms with E-state index in [2.05, 4.69) is 12.2 Å². The summed E-state index contributed by atoms with van der Waals surface area (Å²) < 4.78 is 13.6. The largest absolute Gasteiger partial charge is 0.323 e. The third kappa shape index (κ3) is 1.56. The van der Waals surface area contributed by atoms with Crippen LogP contribution in [0.4, 0.5) is 10.1 Å². The van der Waals surface area contributed by atoms with Crippen molar-refractivity contribution in [3.63, 3.8) is 0 Å². The summed E-state index contributed by atoms with van der Waals surface area (Å²) in [5.74, 6) is 0.448. The highest BCUT2D eigenvalue weighted by Crippen LogP contribution is 2.47. The molecule has 1 N–H and O–H groups in total. The molecule has 1 heterocycles. The minimum atomic E-state index is -0.316. The fourth-order valence-electron chi connectivity index (χ4n) is 3.37. The van der Waals surface area contributed by atoms with Crippen LogP contribution in [0.3, 0.4) is 0 Å². The van der Waals surface area contributed by atoms with Crippen molar-refractivity contribution >= 4 is 11.6 Å². The lowest BCUT2D eigenvalue weighted by Gasteiger charge is -2.21. The SMILES string of the molecule is CC1CCCC1C1C(=O)Nc2c(F)cccc21. The van der Waals surface area contributed by atoms with Crippen LogP contribution in [-0.2, 0) is 4.79 Å². The van der Waals surface area contributed by atoms with Gasteiger partial charge >= 0.3 is 0 Å². The number of rotatable bonds is 1. The highest BCUT2D eigenvalue weighted by Gasteiger charge is 2.41. The molecule has 1 saturated carbocycles. The van der Waals surface area contributed by atoms with Gasteiger partial charge in [0, 0.05) is 0 Å². The Balaban J connectivity index is 2.02. The first-order valence-electron chi connectivity index (χ1n) is 6.27. The van der Waals surface area contributed by atoms with Crippen LogP contribution in [0.15, 0.2) is 18.2 Å². The smallest absolute Gasteiger partial charge is 0.232 e. The molecule has 3 rings (SSSR count). The van der Waals surface area contributed by atoms with Crippen molar-refractivity contribution in [1.29, 1.82) is 0 Å². The van der Waals surface area contributed by atoms with Gasteiger partial charge in [0.1, 0.15) is 5.82 Å². The average molecular weight is 233 g/mol. The van der Waals surface area contributed by atoms with E-state index in [0.29, 0.717) is 17.5 Å². The van der Waals surface area contributed by atoms with Crippen LogP contribution in [-0.4, -0.2) is 5.91 Å². The minimum absolute atomic E-state index is 0.0242. The summed E-state index contributed by atoms with van der Waals surface area (Å²) in [6.07, 6.45) is 3.44. The normalized spacial score (nSPS) is 31.4. The van der Waals surface area contributed by atoms with Gasteiger partial charge in [-0.05, 0) is 29.9 Å². The van der Waals surface area contributed by atoms with Gasteiger partial charge in [0.2, 0.25) is 5.91 Å². The van der Waals surface area contributed by atoms with E-state index in [4.69, 9.17) is 0 Å². The second-order valence-corrected chi connectivity index (χ2v) is 5.24. The molecule has 2 nitrogen and oxygen atoms in total. The van der Waals surface area contributed by atoms with Crippen LogP contribution in [0.1, 0.15) is 37.7 Å². The van der Waals surface area contributed by atoms with Crippen molar-refractivity contribution in [2.45, 2.75) is 32.1 Å². The minimum Gasteiger partial charge on any atom is -0.323 e. The molecule has 1 fully saturated rings. The van der Waals surface area contributed by atoms with Crippen molar-refractivity contribution in [1.82, 2.24) is 0 Å². The Morgan fingerprint density at radius 3 is 2.88 bits per heavy atom. The van der Waals surface area contributed by atoms with Crippen LogP contribution in [0.5, 0.6) is 0 Å². The van der Waals surface area contributed by atoms with E-state index in [1.54, 1.807) is 6.07 Å². The third-order valence-electron chi connectivity index (χ3n) is 4.27. The molecule has 90 valence electrons. The molecule has 0 aromatic heterocycles. The lowest BCUT2D eigenvalue weighted by atomic mass is 9.81. The molecule has 0 saturated heterocycles. The number of hydrogen-bond donors (Lipinski definition) is 1. The molecule has 1 aliphatic heterocycles. The van der Waals surface area contributed by atoms with Gasteiger partial charge in [-0.25, -0.2) is 4.39 Å². The Morgan fingerprint density at radius 2 is 2.18 bits per heavy atom. The number of nitrogens with one attached hydrogen (secondary N) is 1. The topological polar surface area (TPSA) is 29.1 Å². The molecule has 0 spiro atoms. The van der Waals surface area contributed by atoms with Gasteiger partial charge in [-0.2, -0.15) is 0 Å².